The molecule has 5 heteroatoms. The van der Waals surface area contributed by atoms with Crippen molar-refractivity contribution in [3.63, 3.8) is 0 Å². The number of amides is 1. The number of aromatic nitrogens is 2. The molecule has 1 saturated heterocycles. The van der Waals surface area contributed by atoms with Crippen LogP contribution in [0.25, 0.3) is 0 Å². The van der Waals surface area contributed by atoms with Crippen molar-refractivity contribution in [1.82, 2.24) is 14.9 Å². The van der Waals surface area contributed by atoms with Crippen LogP contribution in [0, 0.1) is 25.7 Å². The maximum absolute atomic E-state index is 12.6. The van der Waals surface area contributed by atoms with Gasteiger partial charge in [0.15, 0.2) is 0 Å². The van der Waals surface area contributed by atoms with Crippen LogP contribution >= 0.6 is 0 Å². The van der Waals surface area contributed by atoms with Crippen LogP contribution in [0.4, 0.5) is 0 Å². The van der Waals surface area contributed by atoms with Gasteiger partial charge in [-0.25, -0.2) is 4.98 Å². The minimum atomic E-state index is -0.175. The van der Waals surface area contributed by atoms with Gasteiger partial charge in [-0.05, 0) is 38.5 Å². The van der Waals surface area contributed by atoms with Crippen molar-refractivity contribution in [2.45, 2.75) is 52.4 Å². The Morgan fingerprint density at radius 1 is 1.23 bits per heavy atom. The second kappa shape index (κ2) is 6.23. The van der Waals surface area contributed by atoms with E-state index in [1.54, 1.807) is 13.8 Å². The summed E-state index contributed by atoms with van der Waals surface area (Å²) in [4.78, 5) is 33.5. The van der Waals surface area contributed by atoms with Crippen LogP contribution in [0.3, 0.4) is 0 Å². The van der Waals surface area contributed by atoms with Crippen molar-refractivity contribution in [2.75, 3.05) is 13.1 Å². The number of hydrogen-bond donors (Lipinski definition) is 1. The van der Waals surface area contributed by atoms with E-state index in [2.05, 4.69) is 9.97 Å². The molecule has 5 nitrogen and oxygen atoms in total. The first kappa shape index (κ1) is 15.3. The average molecular weight is 303 g/mol. The van der Waals surface area contributed by atoms with Gasteiger partial charge in [-0.2, -0.15) is 0 Å². The number of rotatable bonds is 2. The molecule has 2 unspecified atom stereocenters. The monoisotopic (exact) mass is 303 g/mol. The third-order valence-corrected chi connectivity index (χ3v) is 5.31. The first-order valence-corrected chi connectivity index (χ1v) is 8.38. The van der Waals surface area contributed by atoms with Crippen LogP contribution < -0.4 is 5.56 Å². The van der Waals surface area contributed by atoms with Gasteiger partial charge < -0.3 is 9.88 Å². The molecule has 0 spiro atoms. The smallest absolute Gasteiger partial charge is 0.254 e. The van der Waals surface area contributed by atoms with Crippen molar-refractivity contribution in [3.05, 3.63) is 27.4 Å². The molecule has 1 aliphatic carbocycles. The van der Waals surface area contributed by atoms with Gasteiger partial charge in [-0.1, -0.05) is 19.3 Å². The molecule has 2 fully saturated rings. The molecule has 1 aromatic heterocycles. The molecule has 1 aliphatic heterocycles. The normalized spacial score (nSPS) is 24.9. The zero-order chi connectivity index (χ0) is 15.7. The first-order valence-electron chi connectivity index (χ1n) is 8.38. The Balaban J connectivity index is 1.69. The maximum Gasteiger partial charge on any atom is 0.254 e. The lowest BCUT2D eigenvalue weighted by molar-refractivity contribution is -0.133. The van der Waals surface area contributed by atoms with Crippen LogP contribution in [0.5, 0.6) is 0 Å². The highest BCUT2D eigenvalue weighted by Gasteiger charge is 2.33. The Bertz CT molecular complexity index is 623. The molecule has 120 valence electrons. The highest BCUT2D eigenvalue weighted by atomic mass is 16.2. The Hall–Kier alpha value is -1.65. The van der Waals surface area contributed by atoms with E-state index in [1.807, 2.05) is 4.90 Å². The Labute approximate surface area is 131 Å². The number of carbonyl (C=O) groups excluding carboxylic acids is 1. The number of nitrogens with zero attached hydrogens (tertiary/aromatic N) is 2. The van der Waals surface area contributed by atoms with E-state index >= 15 is 0 Å². The van der Waals surface area contributed by atoms with E-state index < -0.39 is 0 Å². The number of likely N-dealkylation sites (tertiary alicyclic amines) is 1. The van der Waals surface area contributed by atoms with Gasteiger partial charge in [0.25, 0.3) is 5.56 Å². The summed E-state index contributed by atoms with van der Waals surface area (Å²) in [5.74, 6) is 2.15. The quantitative estimate of drug-likeness (QED) is 0.908. The number of carbonyl (C=O) groups is 1. The molecular weight excluding hydrogens is 278 g/mol. The van der Waals surface area contributed by atoms with E-state index in [4.69, 9.17) is 0 Å². The summed E-state index contributed by atoms with van der Waals surface area (Å²) in [7, 11) is 0. The average Bonchev–Trinajstić information content (AvgIpc) is 2.50. The summed E-state index contributed by atoms with van der Waals surface area (Å²) in [6.07, 6.45) is 6.51. The third-order valence-electron chi connectivity index (χ3n) is 5.31. The van der Waals surface area contributed by atoms with Gasteiger partial charge in [-0.3, -0.25) is 9.59 Å². The number of fused-ring (bicyclic) bond motifs is 1. The molecule has 1 saturated carbocycles. The molecule has 2 atom stereocenters. The van der Waals surface area contributed by atoms with Crippen LogP contribution in [0.1, 0.15) is 49.2 Å². The lowest BCUT2D eigenvalue weighted by Crippen LogP contribution is -2.45. The molecule has 0 radical (unpaired) electrons. The van der Waals surface area contributed by atoms with E-state index in [0.29, 0.717) is 23.0 Å². The predicted molar refractivity (Wildman–Crippen MR) is 84.7 cm³/mol. The Morgan fingerprint density at radius 2 is 1.95 bits per heavy atom. The lowest BCUT2D eigenvalue weighted by Gasteiger charge is -2.41. The minimum absolute atomic E-state index is 0.0725. The minimum Gasteiger partial charge on any atom is -0.342 e. The van der Waals surface area contributed by atoms with E-state index in [-0.39, 0.29) is 17.9 Å². The van der Waals surface area contributed by atoms with Crippen LogP contribution in [0.15, 0.2) is 4.79 Å². The second-order valence-corrected chi connectivity index (χ2v) is 6.83. The second-order valence-electron chi connectivity index (χ2n) is 6.83. The number of H-pyrrole nitrogens is 1. The van der Waals surface area contributed by atoms with Gasteiger partial charge in [0.1, 0.15) is 5.82 Å². The Kier molecular flexibility index (Phi) is 4.32. The van der Waals surface area contributed by atoms with Crippen molar-refractivity contribution in [1.29, 1.82) is 0 Å². The van der Waals surface area contributed by atoms with Gasteiger partial charge in [0.2, 0.25) is 5.91 Å². The fraction of sp³-hybridized carbons (Fsp3) is 0.706. The summed E-state index contributed by atoms with van der Waals surface area (Å²) in [5, 5.41) is 0. The summed E-state index contributed by atoms with van der Waals surface area (Å²) in [6.45, 7) is 5.28. The molecule has 1 aromatic rings. The number of hydrogen-bond acceptors (Lipinski definition) is 3. The molecule has 1 N–H and O–H groups in total. The maximum atomic E-state index is 12.6. The summed E-state index contributed by atoms with van der Waals surface area (Å²) in [6, 6.07) is 0. The standard InChI is InChI=1S/C17H25N3O2/c1-11-15(17(22)19-12(2)18-11)9-16(21)20-8-7-13-5-3-4-6-14(13)10-20/h13-14H,3-10H2,1-2H3,(H,18,19,22). The van der Waals surface area contributed by atoms with E-state index in [1.165, 1.54) is 25.7 Å². The largest absolute Gasteiger partial charge is 0.342 e. The summed E-state index contributed by atoms with van der Waals surface area (Å²) >= 11 is 0. The summed E-state index contributed by atoms with van der Waals surface area (Å²) in [5.41, 5.74) is 1.01. The topological polar surface area (TPSA) is 66.1 Å². The highest BCUT2D eigenvalue weighted by molar-refractivity contribution is 5.79. The van der Waals surface area contributed by atoms with Crippen molar-refractivity contribution in [3.8, 4) is 0 Å². The SMILES string of the molecule is Cc1nc(C)c(CC(=O)N2CCC3CCCCC3C2)c(=O)[nH]1. The number of nitrogens with one attached hydrogen (secondary N) is 1. The van der Waals surface area contributed by atoms with Crippen LogP contribution in [0.2, 0.25) is 0 Å². The zero-order valence-electron chi connectivity index (χ0n) is 13.5. The van der Waals surface area contributed by atoms with E-state index in [0.717, 1.165) is 25.4 Å². The summed E-state index contributed by atoms with van der Waals surface area (Å²) < 4.78 is 0. The molecule has 2 heterocycles. The Morgan fingerprint density at radius 3 is 2.68 bits per heavy atom. The van der Waals surface area contributed by atoms with Crippen molar-refractivity contribution < 1.29 is 4.79 Å². The van der Waals surface area contributed by atoms with Crippen LogP contribution in [-0.4, -0.2) is 33.9 Å². The van der Waals surface area contributed by atoms with Gasteiger partial charge in [-0.15, -0.1) is 0 Å². The highest BCUT2D eigenvalue weighted by Crippen LogP contribution is 2.36. The number of aromatic amines is 1. The van der Waals surface area contributed by atoms with E-state index in [9.17, 15) is 9.59 Å². The third kappa shape index (κ3) is 3.08. The number of aryl methyl sites for hydroxylation is 2. The predicted octanol–water partition coefficient (Wildman–Crippen LogP) is 1.97. The zero-order valence-corrected chi connectivity index (χ0v) is 13.5. The lowest BCUT2D eigenvalue weighted by atomic mass is 9.75. The van der Waals surface area contributed by atoms with Gasteiger partial charge in [0, 0.05) is 24.3 Å². The molecule has 0 aromatic carbocycles. The molecular formula is C17H25N3O2. The molecule has 22 heavy (non-hydrogen) atoms. The van der Waals surface area contributed by atoms with Crippen molar-refractivity contribution in [2.24, 2.45) is 11.8 Å². The van der Waals surface area contributed by atoms with Crippen molar-refractivity contribution >= 4 is 5.91 Å². The molecule has 1 amide bonds. The number of piperidine rings is 1. The molecule has 3 rings (SSSR count). The van der Waals surface area contributed by atoms with Crippen LogP contribution in [-0.2, 0) is 11.2 Å². The fourth-order valence-electron chi connectivity index (χ4n) is 4.05. The fourth-order valence-corrected chi connectivity index (χ4v) is 4.05. The first-order chi connectivity index (χ1) is 10.5. The van der Waals surface area contributed by atoms with Gasteiger partial charge in [0.05, 0.1) is 6.42 Å². The molecule has 2 aliphatic rings. The van der Waals surface area contributed by atoms with Gasteiger partial charge >= 0.3 is 0 Å². The molecule has 0 bridgehead atoms.